The molecule has 0 fully saturated rings. The standard InChI is InChI=1S/C18H13NO4/c20-10-12-5-7-13(8-6-12)18(22)23-11-17(21)15-9-19-16-4-2-1-3-14(15)16/h1-10,19H,11H2. The van der Waals surface area contributed by atoms with Crippen molar-refractivity contribution in [2.75, 3.05) is 6.61 Å². The zero-order valence-electron chi connectivity index (χ0n) is 12.1. The fraction of sp³-hybridized carbons (Fsp3) is 0.0556. The van der Waals surface area contributed by atoms with E-state index < -0.39 is 5.97 Å². The van der Waals surface area contributed by atoms with Crippen molar-refractivity contribution in [1.82, 2.24) is 4.98 Å². The van der Waals surface area contributed by atoms with E-state index in [-0.39, 0.29) is 12.4 Å². The van der Waals surface area contributed by atoms with Crippen LogP contribution in [0.25, 0.3) is 10.9 Å². The Morgan fingerprint density at radius 1 is 1.04 bits per heavy atom. The summed E-state index contributed by atoms with van der Waals surface area (Å²) in [5.74, 6) is -0.879. The Hall–Kier alpha value is -3.21. The zero-order valence-corrected chi connectivity index (χ0v) is 12.1. The number of aromatic nitrogens is 1. The summed E-state index contributed by atoms with van der Waals surface area (Å²) in [4.78, 5) is 37.7. The predicted octanol–water partition coefficient (Wildman–Crippen LogP) is 3.02. The van der Waals surface area contributed by atoms with Crippen LogP contribution in [-0.4, -0.2) is 29.6 Å². The molecular formula is C18H13NO4. The molecule has 0 saturated heterocycles. The highest BCUT2D eigenvalue weighted by Crippen LogP contribution is 2.18. The van der Waals surface area contributed by atoms with E-state index in [0.717, 1.165) is 10.9 Å². The lowest BCUT2D eigenvalue weighted by atomic mass is 10.1. The van der Waals surface area contributed by atoms with Crippen molar-refractivity contribution in [2.45, 2.75) is 0 Å². The number of esters is 1. The number of H-pyrrole nitrogens is 1. The lowest BCUT2D eigenvalue weighted by Gasteiger charge is -2.04. The predicted molar refractivity (Wildman–Crippen MR) is 84.7 cm³/mol. The van der Waals surface area contributed by atoms with Gasteiger partial charge in [-0.15, -0.1) is 0 Å². The van der Waals surface area contributed by atoms with E-state index in [1.165, 1.54) is 24.3 Å². The highest BCUT2D eigenvalue weighted by Gasteiger charge is 2.15. The Bertz CT molecular complexity index is 877. The van der Waals surface area contributed by atoms with Crippen LogP contribution >= 0.6 is 0 Å². The number of carbonyl (C=O) groups is 3. The zero-order chi connectivity index (χ0) is 16.2. The van der Waals surface area contributed by atoms with Gasteiger partial charge >= 0.3 is 5.97 Å². The van der Waals surface area contributed by atoms with Crippen molar-refractivity contribution in [2.24, 2.45) is 0 Å². The number of rotatable bonds is 5. The van der Waals surface area contributed by atoms with E-state index in [1.54, 1.807) is 6.20 Å². The Morgan fingerprint density at radius 3 is 2.52 bits per heavy atom. The van der Waals surface area contributed by atoms with E-state index >= 15 is 0 Å². The number of aldehydes is 1. The van der Waals surface area contributed by atoms with Crippen LogP contribution in [0.15, 0.2) is 54.7 Å². The number of ether oxygens (including phenoxy) is 1. The first kappa shape index (κ1) is 14.7. The Morgan fingerprint density at radius 2 is 1.78 bits per heavy atom. The monoisotopic (exact) mass is 307 g/mol. The van der Waals surface area contributed by atoms with Crippen molar-refractivity contribution >= 4 is 28.9 Å². The molecule has 5 nitrogen and oxygen atoms in total. The summed E-state index contributed by atoms with van der Waals surface area (Å²) < 4.78 is 5.05. The molecule has 0 saturated carbocycles. The average molecular weight is 307 g/mol. The molecule has 0 aliphatic rings. The van der Waals surface area contributed by atoms with Gasteiger partial charge in [-0.2, -0.15) is 0 Å². The van der Waals surface area contributed by atoms with E-state index in [1.807, 2.05) is 24.3 Å². The number of para-hydroxylation sites is 1. The topological polar surface area (TPSA) is 76.2 Å². The molecule has 3 rings (SSSR count). The lowest BCUT2D eigenvalue weighted by molar-refractivity contribution is 0.0475. The summed E-state index contributed by atoms with van der Waals surface area (Å²) in [5, 5.41) is 0.795. The molecule has 5 heteroatoms. The first-order chi connectivity index (χ1) is 11.2. The highest BCUT2D eigenvalue weighted by atomic mass is 16.5. The molecule has 0 aliphatic heterocycles. The van der Waals surface area contributed by atoms with Crippen molar-refractivity contribution in [1.29, 1.82) is 0 Å². The molecule has 1 heterocycles. The van der Waals surface area contributed by atoms with Crippen LogP contribution in [-0.2, 0) is 4.74 Å². The van der Waals surface area contributed by atoms with Crippen LogP contribution < -0.4 is 0 Å². The molecule has 114 valence electrons. The van der Waals surface area contributed by atoms with Gasteiger partial charge in [0.25, 0.3) is 0 Å². The van der Waals surface area contributed by atoms with Crippen molar-refractivity contribution in [3.8, 4) is 0 Å². The quantitative estimate of drug-likeness (QED) is 0.446. The molecule has 0 aliphatic carbocycles. The maximum Gasteiger partial charge on any atom is 0.338 e. The van der Waals surface area contributed by atoms with Crippen LogP contribution in [0.5, 0.6) is 0 Å². The number of carbonyl (C=O) groups excluding carboxylic acids is 3. The van der Waals surface area contributed by atoms with Gasteiger partial charge < -0.3 is 9.72 Å². The molecular weight excluding hydrogens is 294 g/mol. The minimum Gasteiger partial charge on any atom is -0.454 e. The number of Topliss-reactive ketones (excluding diaryl/α,β-unsaturated/α-hetero) is 1. The number of hydrogen-bond acceptors (Lipinski definition) is 4. The summed E-state index contributed by atoms with van der Waals surface area (Å²) in [6, 6.07) is 13.4. The molecule has 0 unspecified atom stereocenters. The fourth-order valence-corrected chi connectivity index (χ4v) is 2.29. The van der Waals surface area contributed by atoms with E-state index in [4.69, 9.17) is 4.74 Å². The van der Waals surface area contributed by atoms with Gasteiger partial charge in [-0.1, -0.05) is 30.3 Å². The molecule has 0 spiro atoms. The van der Waals surface area contributed by atoms with E-state index in [9.17, 15) is 14.4 Å². The minimum atomic E-state index is -0.601. The van der Waals surface area contributed by atoms with Gasteiger partial charge in [0.05, 0.1) is 5.56 Å². The Labute approximate surface area is 131 Å². The Kier molecular flexibility index (Phi) is 4.01. The molecule has 1 N–H and O–H groups in total. The summed E-state index contributed by atoms with van der Waals surface area (Å²) in [7, 11) is 0. The van der Waals surface area contributed by atoms with Crippen molar-refractivity contribution in [3.63, 3.8) is 0 Å². The Balaban J connectivity index is 1.68. The SMILES string of the molecule is O=Cc1ccc(C(=O)OCC(=O)c2c[nH]c3ccccc23)cc1. The third-order valence-corrected chi connectivity index (χ3v) is 3.51. The average Bonchev–Trinajstić information content (AvgIpc) is 3.03. The number of nitrogens with one attached hydrogen (secondary N) is 1. The molecule has 3 aromatic rings. The molecule has 0 atom stereocenters. The molecule has 23 heavy (non-hydrogen) atoms. The van der Waals surface area contributed by atoms with E-state index in [2.05, 4.69) is 4.98 Å². The second-order valence-electron chi connectivity index (χ2n) is 4.99. The van der Waals surface area contributed by atoms with E-state index in [0.29, 0.717) is 23.0 Å². The van der Waals surface area contributed by atoms with Gasteiger partial charge in [0.2, 0.25) is 5.78 Å². The maximum absolute atomic E-state index is 12.2. The van der Waals surface area contributed by atoms with Gasteiger partial charge in [0.15, 0.2) is 6.61 Å². The highest BCUT2D eigenvalue weighted by molar-refractivity contribution is 6.09. The summed E-state index contributed by atoms with van der Waals surface area (Å²) >= 11 is 0. The van der Waals surface area contributed by atoms with Crippen molar-refractivity contribution < 1.29 is 19.1 Å². The molecule has 1 aromatic heterocycles. The van der Waals surface area contributed by atoms with Gasteiger partial charge in [0.1, 0.15) is 6.29 Å². The summed E-state index contributed by atoms with van der Waals surface area (Å²) in [6.07, 6.45) is 2.30. The minimum absolute atomic E-state index is 0.277. The second kappa shape index (κ2) is 6.27. The summed E-state index contributed by atoms with van der Waals surface area (Å²) in [6.45, 7) is -0.337. The molecule has 0 amide bonds. The van der Waals surface area contributed by atoms with Gasteiger partial charge in [-0.3, -0.25) is 9.59 Å². The number of benzene rings is 2. The number of aromatic amines is 1. The third kappa shape index (κ3) is 3.03. The van der Waals surface area contributed by atoms with Gasteiger partial charge in [-0.25, -0.2) is 4.79 Å². The molecule has 2 aromatic carbocycles. The number of ketones is 1. The largest absolute Gasteiger partial charge is 0.454 e. The first-order valence-electron chi connectivity index (χ1n) is 7.01. The first-order valence-corrected chi connectivity index (χ1v) is 7.01. The third-order valence-electron chi connectivity index (χ3n) is 3.51. The van der Waals surface area contributed by atoms with Crippen LogP contribution in [0, 0.1) is 0 Å². The fourth-order valence-electron chi connectivity index (χ4n) is 2.29. The van der Waals surface area contributed by atoms with Crippen LogP contribution in [0.1, 0.15) is 31.1 Å². The summed E-state index contributed by atoms with van der Waals surface area (Å²) in [5.41, 5.74) is 2.11. The van der Waals surface area contributed by atoms with Gasteiger partial charge in [0, 0.05) is 28.2 Å². The molecule has 0 bridgehead atoms. The molecule has 0 radical (unpaired) electrons. The second-order valence-corrected chi connectivity index (χ2v) is 4.99. The number of hydrogen-bond donors (Lipinski definition) is 1. The van der Waals surface area contributed by atoms with Crippen molar-refractivity contribution in [3.05, 3.63) is 71.4 Å². The maximum atomic E-state index is 12.2. The van der Waals surface area contributed by atoms with Crippen LogP contribution in [0.2, 0.25) is 0 Å². The normalized spacial score (nSPS) is 10.4. The lowest BCUT2D eigenvalue weighted by Crippen LogP contribution is -2.14. The van der Waals surface area contributed by atoms with Crippen LogP contribution in [0.4, 0.5) is 0 Å². The number of fused-ring (bicyclic) bond motifs is 1. The van der Waals surface area contributed by atoms with Crippen LogP contribution in [0.3, 0.4) is 0 Å². The van der Waals surface area contributed by atoms with Gasteiger partial charge in [-0.05, 0) is 18.2 Å². The smallest absolute Gasteiger partial charge is 0.338 e.